The Kier molecular flexibility index (Phi) is 5.70. The van der Waals surface area contributed by atoms with Gasteiger partial charge in [-0.1, -0.05) is 0 Å². The van der Waals surface area contributed by atoms with Crippen LogP contribution in [0.15, 0.2) is 0 Å². The normalized spacial score (nSPS) is 15.3. The van der Waals surface area contributed by atoms with Gasteiger partial charge in [0.1, 0.15) is 0 Å². The topological polar surface area (TPSA) is 109 Å². The molecule has 0 fully saturated rings. The van der Waals surface area contributed by atoms with Gasteiger partial charge in [0.2, 0.25) is 0 Å². The van der Waals surface area contributed by atoms with Crippen LogP contribution in [0.1, 0.15) is 0 Å². The summed E-state index contributed by atoms with van der Waals surface area (Å²) in [7, 11) is -2.41. The molecular weight excluding hydrogens is 222 g/mol. The van der Waals surface area contributed by atoms with Crippen molar-refractivity contribution < 1.29 is 33.8 Å². The predicted molar refractivity (Wildman–Crippen MR) is 48.2 cm³/mol. The number of aliphatic hydroxyl groups is 4. The molecule has 0 saturated heterocycles. The monoisotopic (exact) mass is 236 g/mol. The first-order chi connectivity index (χ1) is 6.12. The van der Waals surface area contributed by atoms with E-state index in [9.17, 15) is 0 Å². The van der Waals surface area contributed by atoms with Crippen molar-refractivity contribution in [1.82, 2.24) is 0 Å². The Labute approximate surface area is 77.7 Å². The van der Waals surface area contributed by atoms with E-state index in [0.29, 0.717) is 0 Å². The van der Waals surface area contributed by atoms with Crippen molar-refractivity contribution >= 4 is 16.8 Å². The molecule has 0 radical (unpaired) electrons. The minimum atomic E-state index is -4.16. The second-order valence-corrected chi connectivity index (χ2v) is 6.50. The predicted octanol–water partition coefficient (Wildman–Crippen LogP) is -1.08. The van der Waals surface area contributed by atoms with Gasteiger partial charge in [0.25, 0.3) is 0 Å². The van der Waals surface area contributed by atoms with Gasteiger partial charge >= 0.3 is 76.8 Å². The van der Waals surface area contributed by atoms with Crippen LogP contribution in [0, 0.1) is 0 Å². The third-order valence-corrected chi connectivity index (χ3v) is 5.83. The maximum atomic E-state index is 8.98. The summed E-state index contributed by atoms with van der Waals surface area (Å²) in [6.45, 7) is -1.60. The second kappa shape index (κ2) is 5.46. The summed E-state index contributed by atoms with van der Waals surface area (Å²) in [6.07, 6.45) is -1.54. The Morgan fingerprint density at radius 1 is 0.923 bits per heavy atom. The molecule has 0 aromatic rings. The Bertz CT molecular complexity index is 128. The van der Waals surface area contributed by atoms with Gasteiger partial charge in [-0.05, 0) is 0 Å². The van der Waals surface area contributed by atoms with Gasteiger partial charge in [-0.2, -0.15) is 0 Å². The molecule has 0 aromatic carbocycles. The number of hydrogen-bond acceptors (Lipinski definition) is 7. The van der Waals surface area contributed by atoms with Gasteiger partial charge in [-0.25, -0.2) is 0 Å². The minimum absolute atomic E-state index is 0.771. The summed E-state index contributed by atoms with van der Waals surface area (Å²) in [6, 6.07) is 0. The standard InChI is InChI=1S/C4H14O7P2/c5-1-9-13(3-7,4-8,11-12)10-2-6/h5-8H,1-4,12H2. The number of hydrogen-bond donors (Lipinski definition) is 4. The first-order valence-electron chi connectivity index (χ1n) is 3.26. The average Bonchev–Trinajstić information content (AvgIpc) is 2.18. The van der Waals surface area contributed by atoms with Crippen molar-refractivity contribution in [2.45, 2.75) is 0 Å². The van der Waals surface area contributed by atoms with Crippen LogP contribution in [0.4, 0.5) is 0 Å². The van der Waals surface area contributed by atoms with Crippen LogP contribution >= 0.6 is 16.8 Å². The van der Waals surface area contributed by atoms with Gasteiger partial charge in [-0.3, -0.25) is 0 Å². The van der Waals surface area contributed by atoms with E-state index in [-0.39, 0.29) is 0 Å². The molecule has 0 bridgehead atoms. The van der Waals surface area contributed by atoms with Gasteiger partial charge in [-0.15, -0.1) is 0 Å². The van der Waals surface area contributed by atoms with Crippen molar-refractivity contribution in [3.05, 3.63) is 0 Å². The third kappa shape index (κ3) is 2.76. The molecule has 1 unspecified atom stereocenters. The quantitative estimate of drug-likeness (QED) is 0.329. The fourth-order valence-electron chi connectivity index (χ4n) is 0.630. The zero-order valence-corrected chi connectivity index (χ0v) is 8.92. The maximum absolute atomic E-state index is 8.98. The van der Waals surface area contributed by atoms with E-state index in [1.165, 1.54) is 0 Å². The Morgan fingerprint density at radius 3 is 1.46 bits per heavy atom. The Hall–Kier alpha value is 0.580. The molecule has 7 nitrogen and oxygen atoms in total. The molecule has 13 heavy (non-hydrogen) atoms. The van der Waals surface area contributed by atoms with E-state index < -0.39 is 33.6 Å². The van der Waals surface area contributed by atoms with E-state index in [2.05, 4.69) is 13.4 Å². The zero-order valence-electron chi connectivity index (χ0n) is 6.87. The second-order valence-electron chi connectivity index (χ2n) is 2.13. The number of rotatable bonds is 7. The molecule has 0 heterocycles. The van der Waals surface area contributed by atoms with Gasteiger partial charge in [0.05, 0.1) is 0 Å². The molecular formula is C4H14O7P2. The molecule has 4 N–H and O–H groups in total. The summed E-state index contributed by atoms with van der Waals surface area (Å²) in [5.41, 5.74) is 0. The summed E-state index contributed by atoms with van der Waals surface area (Å²) < 4.78 is 14.0. The van der Waals surface area contributed by atoms with E-state index in [0.717, 1.165) is 0 Å². The number of aliphatic hydroxyl groups excluding tert-OH is 4. The van der Waals surface area contributed by atoms with Crippen LogP contribution in [0.2, 0.25) is 0 Å². The summed E-state index contributed by atoms with van der Waals surface area (Å²) in [5.74, 6) is 0. The van der Waals surface area contributed by atoms with Crippen molar-refractivity contribution in [3.8, 4) is 0 Å². The van der Waals surface area contributed by atoms with Crippen LogP contribution in [0.5, 0.6) is 0 Å². The molecule has 0 saturated carbocycles. The van der Waals surface area contributed by atoms with E-state index in [1.807, 2.05) is 0 Å². The molecule has 0 amide bonds. The average molecular weight is 236 g/mol. The fourth-order valence-corrected chi connectivity index (χ4v) is 2.66. The van der Waals surface area contributed by atoms with Gasteiger partial charge in [0, 0.05) is 0 Å². The van der Waals surface area contributed by atoms with Crippen LogP contribution in [0.3, 0.4) is 0 Å². The SMILES string of the molecule is OCOP(CO)(CO)(OP)OCO. The van der Waals surface area contributed by atoms with Crippen LogP contribution < -0.4 is 0 Å². The molecule has 0 aromatic heterocycles. The third-order valence-electron chi connectivity index (χ3n) is 1.47. The van der Waals surface area contributed by atoms with Crippen molar-refractivity contribution in [2.75, 3.05) is 26.3 Å². The summed E-state index contributed by atoms with van der Waals surface area (Å²) >= 11 is 0. The van der Waals surface area contributed by atoms with Crippen LogP contribution in [0.25, 0.3) is 0 Å². The Morgan fingerprint density at radius 2 is 1.31 bits per heavy atom. The molecule has 0 aliphatic carbocycles. The molecule has 0 aliphatic heterocycles. The first-order valence-corrected chi connectivity index (χ1v) is 6.09. The first kappa shape index (κ1) is 13.6. The van der Waals surface area contributed by atoms with Crippen LogP contribution in [-0.4, -0.2) is 46.7 Å². The van der Waals surface area contributed by atoms with E-state index in [1.54, 1.807) is 9.47 Å². The van der Waals surface area contributed by atoms with E-state index >= 15 is 0 Å². The molecule has 0 spiro atoms. The molecule has 82 valence electrons. The summed E-state index contributed by atoms with van der Waals surface area (Å²) in [5, 5.41) is 35.0. The van der Waals surface area contributed by atoms with E-state index in [4.69, 9.17) is 20.4 Å². The Balaban J connectivity index is 4.77. The molecule has 0 rings (SSSR count). The zero-order chi connectivity index (χ0) is 10.4. The van der Waals surface area contributed by atoms with Crippen molar-refractivity contribution in [2.24, 2.45) is 0 Å². The van der Waals surface area contributed by atoms with Crippen LogP contribution in [-0.2, 0) is 13.4 Å². The molecule has 9 heteroatoms. The fraction of sp³-hybridized carbons (Fsp3) is 1.00. The van der Waals surface area contributed by atoms with Crippen molar-refractivity contribution in [3.63, 3.8) is 0 Å². The summed E-state index contributed by atoms with van der Waals surface area (Å²) in [4.78, 5) is 0. The van der Waals surface area contributed by atoms with Gasteiger partial charge in [0.15, 0.2) is 0 Å². The molecule has 1 atom stereocenters. The van der Waals surface area contributed by atoms with Gasteiger partial charge < -0.3 is 0 Å². The van der Waals surface area contributed by atoms with Crippen molar-refractivity contribution in [1.29, 1.82) is 0 Å². The molecule has 0 aliphatic rings.